The molecule has 0 spiro atoms. The summed E-state index contributed by atoms with van der Waals surface area (Å²) < 4.78 is 11.7. The summed E-state index contributed by atoms with van der Waals surface area (Å²) >= 11 is 0. The van der Waals surface area contributed by atoms with Gasteiger partial charge < -0.3 is 9.15 Å². The molecule has 27 heavy (non-hydrogen) atoms. The van der Waals surface area contributed by atoms with Gasteiger partial charge in [-0.15, -0.1) is 5.10 Å². The normalized spacial score (nSPS) is 10.8. The van der Waals surface area contributed by atoms with E-state index in [1.165, 1.54) is 0 Å². The standard InChI is InChI=1S/C19H14N4O4/c24-18(11-23-19(25)14-8-4-5-9-15(14)21-22-23)26-12-17-20-10-16(27-17)13-6-2-1-3-7-13/h1-10H,11-12H2. The van der Waals surface area contributed by atoms with E-state index in [0.717, 1.165) is 10.2 Å². The molecule has 0 saturated heterocycles. The molecular formula is C19H14N4O4. The van der Waals surface area contributed by atoms with Gasteiger partial charge in [0.25, 0.3) is 5.56 Å². The average molecular weight is 362 g/mol. The van der Waals surface area contributed by atoms with Gasteiger partial charge in [-0.2, -0.15) is 4.68 Å². The van der Waals surface area contributed by atoms with Gasteiger partial charge in [0.1, 0.15) is 12.1 Å². The van der Waals surface area contributed by atoms with Crippen molar-refractivity contribution in [1.82, 2.24) is 20.0 Å². The fourth-order valence-electron chi connectivity index (χ4n) is 2.55. The summed E-state index contributed by atoms with van der Waals surface area (Å²) in [5, 5.41) is 8.07. The Kier molecular flexibility index (Phi) is 4.44. The highest BCUT2D eigenvalue weighted by atomic mass is 16.5. The molecule has 2 heterocycles. The third-order valence-corrected chi connectivity index (χ3v) is 3.88. The molecule has 4 aromatic rings. The van der Waals surface area contributed by atoms with Crippen molar-refractivity contribution in [2.24, 2.45) is 0 Å². The van der Waals surface area contributed by atoms with Crippen LogP contribution in [0.2, 0.25) is 0 Å². The van der Waals surface area contributed by atoms with Crippen molar-refractivity contribution >= 4 is 16.9 Å². The maximum Gasteiger partial charge on any atom is 0.328 e. The number of rotatable bonds is 5. The van der Waals surface area contributed by atoms with Gasteiger partial charge in [-0.05, 0) is 12.1 Å². The number of esters is 1. The van der Waals surface area contributed by atoms with Crippen LogP contribution in [0, 0.1) is 0 Å². The summed E-state index contributed by atoms with van der Waals surface area (Å²) in [6.45, 7) is -0.482. The number of hydrogen-bond donors (Lipinski definition) is 0. The number of benzene rings is 2. The average Bonchev–Trinajstić information content (AvgIpc) is 3.19. The van der Waals surface area contributed by atoms with Crippen molar-refractivity contribution < 1.29 is 13.9 Å². The number of oxazole rings is 1. The molecule has 134 valence electrons. The van der Waals surface area contributed by atoms with E-state index in [1.807, 2.05) is 30.3 Å². The van der Waals surface area contributed by atoms with Crippen LogP contribution < -0.4 is 5.56 Å². The van der Waals surface area contributed by atoms with Crippen LogP contribution >= 0.6 is 0 Å². The lowest BCUT2D eigenvalue weighted by molar-refractivity contribution is -0.146. The number of ether oxygens (including phenoxy) is 1. The van der Waals surface area contributed by atoms with Gasteiger partial charge in [-0.25, -0.2) is 4.98 Å². The molecule has 4 rings (SSSR count). The van der Waals surface area contributed by atoms with E-state index in [0.29, 0.717) is 16.7 Å². The molecule has 8 nitrogen and oxygen atoms in total. The maximum absolute atomic E-state index is 12.3. The second-order valence-electron chi connectivity index (χ2n) is 5.71. The van der Waals surface area contributed by atoms with Crippen LogP contribution in [0.4, 0.5) is 0 Å². The summed E-state index contributed by atoms with van der Waals surface area (Å²) in [7, 11) is 0. The van der Waals surface area contributed by atoms with Gasteiger partial charge in [0.05, 0.1) is 11.6 Å². The van der Waals surface area contributed by atoms with Crippen molar-refractivity contribution in [3.05, 3.63) is 77.0 Å². The number of hydrogen-bond acceptors (Lipinski definition) is 7. The highest BCUT2D eigenvalue weighted by Gasteiger charge is 2.12. The van der Waals surface area contributed by atoms with Crippen LogP contribution in [0.25, 0.3) is 22.2 Å². The van der Waals surface area contributed by atoms with Gasteiger partial charge in [0, 0.05) is 5.56 Å². The van der Waals surface area contributed by atoms with E-state index in [1.54, 1.807) is 30.5 Å². The summed E-state index contributed by atoms with van der Waals surface area (Å²) in [5.74, 6) is 0.207. The highest BCUT2D eigenvalue weighted by molar-refractivity contribution is 5.77. The molecule has 0 aliphatic rings. The van der Waals surface area contributed by atoms with E-state index >= 15 is 0 Å². The van der Waals surface area contributed by atoms with Crippen LogP contribution in [-0.2, 0) is 22.7 Å². The Labute approximate surface area is 153 Å². The Hall–Kier alpha value is -3.81. The van der Waals surface area contributed by atoms with E-state index in [4.69, 9.17) is 9.15 Å². The monoisotopic (exact) mass is 362 g/mol. The Morgan fingerprint density at radius 1 is 1.07 bits per heavy atom. The molecule has 8 heteroatoms. The first-order valence-electron chi connectivity index (χ1n) is 8.19. The third-order valence-electron chi connectivity index (χ3n) is 3.88. The molecule has 0 bridgehead atoms. The minimum Gasteiger partial charge on any atom is -0.454 e. The fourth-order valence-corrected chi connectivity index (χ4v) is 2.55. The predicted octanol–water partition coefficient (Wildman–Crippen LogP) is 2.19. The fraction of sp³-hybridized carbons (Fsp3) is 0.105. The smallest absolute Gasteiger partial charge is 0.328 e. The quantitative estimate of drug-likeness (QED) is 0.502. The summed E-state index contributed by atoms with van der Waals surface area (Å²) in [6, 6.07) is 16.3. The third kappa shape index (κ3) is 3.59. The first-order valence-corrected chi connectivity index (χ1v) is 8.19. The lowest BCUT2D eigenvalue weighted by atomic mass is 10.2. The maximum atomic E-state index is 12.3. The second-order valence-corrected chi connectivity index (χ2v) is 5.71. The lowest BCUT2D eigenvalue weighted by Crippen LogP contribution is -2.28. The van der Waals surface area contributed by atoms with Crippen LogP contribution in [0.5, 0.6) is 0 Å². The SMILES string of the molecule is O=C(Cn1nnc2ccccc2c1=O)OCc1ncc(-c2ccccc2)o1. The van der Waals surface area contributed by atoms with Crippen molar-refractivity contribution in [2.45, 2.75) is 13.2 Å². The van der Waals surface area contributed by atoms with Crippen LogP contribution in [-0.4, -0.2) is 25.9 Å². The second kappa shape index (κ2) is 7.20. The minimum absolute atomic E-state index is 0.137. The molecule has 0 amide bonds. The number of nitrogens with zero attached hydrogens (tertiary/aromatic N) is 4. The molecule has 0 N–H and O–H groups in total. The molecule has 0 saturated carbocycles. The molecule has 0 fully saturated rings. The predicted molar refractivity (Wildman–Crippen MR) is 95.5 cm³/mol. The molecule has 2 aromatic carbocycles. The molecule has 0 unspecified atom stereocenters. The minimum atomic E-state index is -0.638. The summed E-state index contributed by atoms with van der Waals surface area (Å²) in [4.78, 5) is 28.4. The van der Waals surface area contributed by atoms with Gasteiger partial charge in [-0.3, -0.25) is 9.59 Å². The number of aromatic nitrogens is 4. The molecule has 0 atom stereocenters. The highest BCUT2D eigenvalue weighted by Crippen LogP contribution is 2.19. The van der Waals surface area contributed by atoms with Crippen LogP contribution in [0.1, 0.15) is 5.89 Å². The Balaban J connectivity index is 1.41. The van der Waals surface area contributed by atoms with Gasteiger partial charge in [-0.1, -0.05) is 47.7 Å². The largest absolute Gasteiger partial charge is 0.454 e. The van der Waals surface area contributed by atoms with Crippen molar-refractivity contribution in [2.75, 3.05) is 0 Å². The number of fused-ring (bicyclic) bond motifs is 1. The zero-order chi connectivity index (χ0) is 18.6. The first kappa shape index (κ1) is 16.6. The summed E-state index contributed by atoms with van der Waals surface area (Å²) in [6.07, 6.45) is 1.57. The van der Waals surface area contributed by atoms with Gasteiger partial charge in [0.2, 0.25) is 5.89 Å². The number of carbonyl (C=O) groups is 1. The molecular weight excluding hydrogens is 348 g/mol. The number of carbonyl (C=O) groups excluding carboxylic acids is 1. The molecule has 2 aromatic heterocycles. The van der Waals surface area contributed by atoms with Crippen LogP contribution in [0.15, 0.2) is 70.0 Å². The molecule has 0 aliphatic heterocycles. The van der Waals surface area contributed by atoms with Crippen molar-refractivity contribution in [3.63, 3.8) is 0 Å². The first-order chi connectivity index (χ1) is 13.2. The van der Waals surface area contributed by atoms with Gasteiger partial charge >= 0.3 is 5.97 Å². The van der Waals surface area contributed by atoms with Crippen molar-refractivity contribution in [3.8, 4) is 11.3 Å². The summed E-state index contributed by atoms with van der Waals surface area (Å²) in [5.41, 5.74) is 0.945. The zero-order valence-corrected chi connectivity index (χ0v) is 14.1. The van der Waals surface area contributed by atoms with Gasteiger partial charge in [0.15, 0.2) is 12.4 Å². The molecule has 0 radical (unpaired) electrons. The lowest BCUT2D eigenvalue weighted by Gasteiger charge is -2.05. The Morgan fingerprint density at radius 2 is 1.85 bits per heavy atom. The topological polar surface area (TPSA) is 100 Å². The van der Waals surface area contributed by atoms with E-state index in [9.17, 15) is 9.59 Å². The van der Waals surface area contributed by atoms with E-state index < -0.39 is 11.5 Å². The Morgan fingerprint density at radius 3 is 2.70 bits per heavy atom. The van der Waals surface area contributed by atoms with E-state index in [-0.39, 0.29) is 19.0 Å². The van der Waals surface area contributed by atoms with Crippen molar-refractivity contribution in [1.29, 1.82) is 0 Å². The van der Waals surface area contributed by atoms with Crippen LogP contribution in [0.3, 0.4) is 0 Å². The zero-order valence-electron chi connectivity index (χ0n) is 14.1. The van der Waals surface area contributed by atoms with E-state index in [2.05, 4.69) is 15.3 Å². The Bertz CT molecular complexity index is 1150. The molecule has 0 aliphatic carbocycles.